The zero-order chi connectivity index (χ0) is 14.0. The number of nitrogens with zero attached hydrogens (tertiary/aromatic N) is 1. The van der Waals surface area contributed by atoms with Crippen LogP contribution in [0.15, 0.2) is 36.4 Å². The van der Waals surface area contributed by atoms with Crippen molar-refractivity contribution in [3.05, 3.63) is 47.1 Å². The molecule has 0 unspecified atom stereocenters. The minimum atomic E-state index is -4.35. The molecule has 7 heteroatoms. The number of hydrogen-bond acceptors (Lipinski definition) is 3. The van der Waals surface area contributed by atoms with Crippen LogP contribution in [0.5, 0.6) is 0 Å². The quantitative estimate of drug-likeness (QED) is 0.818. The molecule has 0 aliphatic carbocycles. The monoisotopic (exact) mass is 287 g/mol. The first-order valence-corrected chi connectivity index (χ1v) is 5.60. The number of alkyl halides is 3. The van der Waals surface area contributed by atoms with E-state index in [1.165, 1.54) is 24.3 Å². The van der Waals surface area contributed by atoms with Crippen LogP contribution in [0.4, 0.5) is 30.4 Å². The summed E-state index contributed by atoms with van der Waals surface area (Å²) >= 11 is 5.72. The van der Waals surface area contributed by atoms with Crippen LogP contribution in [-0.2, 0) is 6.18 Å². The Hall–Kier alpha value is -1.95. The van der Waals surface area contributed by atoms with E-state index in [0.717, 1.165) is 12.1 Å². The summed E-state index contributed by atoms with van der Waals surface area (Å²) in [5, 5.41) is 3.02. The van der Waals surface area contributed by atoms with Crippen molar-refractivity contribution in [3.63, 3.8) is 0 Å². The van der Waals surface area contributed by atoms with Crippen LogP contribution in [0.2, 0.25) is 5.15 Å². The highest BCUT2D eigenvalue weighted by Gasteiger charge is 2.29. The van der Waals surface area contributed by atoms with E-state index in [1.807, 2.05) is 0 Å². The van der Waals surface area contributed by atoms with Crippen LogP contribution in [0, 0.1) is 0 Å². The molecule has 1 heterocycles. The normalized spacial score (nSPS) is 11.4. The van der Waals surface area contributed by atoms with Gasteiger partial charge >= 0.3 is 6.18 Å². The summed E-state index contributed by atoms with van der Waals surface area (Å²) in [5.74, 6) is 0.366. The molecule has 19 heavy (non-hydrogen) atoms. The van der Waals surface area contributed by atoms with E-state index < -0.39 is 11.7 Å². The standard InChI is InChI=1S/C12H9ClF3N3/c13-10-5-8(17)6-11(19-10)18-9-3-1-7(2-4-9)12(14,15)16/h1-6H,(H3,17,18,19). The number of aromatic nitrogens is 1. The van der Waals surface area contributed by atoms with Crippen LogP contribution in [0.3, 0.4) is 0 Å². The predicted octanol–water partition coefficient (Wildman–Crippen LogP) is 4.08. The highest BCUT2D eigenvalue weighted by molar-refractivity contribution is 6.29. The SMILES string of the molecule is Nc1cc(Cl)nc(Nc2ccc(C(F)(F)F)cc2)c1. The van der Waals surface area contributed by atoms with Crippen molar-refractivity contribution in [3.8, 4) is 0 Å². The first-order valence-electron chi connectivity index (χ1n) is 5.22. The molecule has 0 aliphatic heterocycles. The number of nitrogens with two attached hydrogens (primary N) is 1. The minimum Gasteiger partial charge on any atom is -0.399 e. The van der Waals surface area contributed by atoms with Crippen molar-refractivity contribution in [1.82, 2.24) is 4.98 Å². The van der Waals surface area contributed by atoms with Crippen molar-refractivity contribution in [1.29, 1.82) is 0 Å². The summed E-state index contributed by atoms with van der Waals surface area (Å²) in [6, 6.07) is 7.58. The lowest BCUT2D eigenvalue weighted by Gasteiger charge is -2.09. The largest absolute Gasteiger partial charge is 0.416 e. The fraction of sp³-hybridized carbons (Fsp3) is 0.0833. The van der Waals surface area contributed by atoms with Gasteiger partial charge in [-0.2, -0.15) is 13.2 Å². The van der Waals surface area contributed by atoms with Gasteiger partial charge in [-0.3, -0.25) is 0 Å². The fourth-order valence-corrected chi connectivity index (χ4v) is 1.69. The number of nitrogens with one attached hydrogen (secondary N) is 1. The summed E-state index contributed by atoms with van der Waals surface area (Å²) < 4.78 is 37.2. The molecule has 100 valence electrons. The summed E-state index contributed by atoms with van der Waals surface area (Å²) in [6.45, 7) is 0. The molecule has 3 N–H and O–H groups in total. The number of pyridine rings is 1. The number of anilines is 3. The van der Waals surface area contributed by atoms with Gasteiger partial charge < -0.3 is 11.1 Å². The van der Waals surface area contributed by atoms with Gasteiger partial charge in [-0.05, 0) is 30.3 Å². The molecular formula is C12H9ClF3N3. The van der Waals surface area contributed by atoms with Crippen molar-refractivity contribution < 1.29 is 13.2 Å². The smallest absolute Gasteiger partial charge is 0.399 e. The Kier molecular flexibility index (Phi) is 3.53. The second kappa shape index (κ2) is 4.97. The van der Waals surface area contributed by atoms with Crippen LogP contribution < -0.4 is 11.1 Å². The topological polar surface area (TPSA) is 50.9 Å². The molecule has 0 fully saturated rings. The maximum absolute atomic E-state index is 12.4. The molecule has 2 rings (SSSR count). The molecular weight excluding hydrogens is 279 g/mol. The van der Waals surface area contributed by atoms with E-state index in [-0.39, 0.29) is 5.15 Å². The van der Waals surface area contributed by atoms with Gasteiger partial charge in [0.15, 0.2) is 0 Å². The molecule has 0 saturated heterocycles. The van der Waals surface area contributed by atoms with E-state index in [4.69, 9.17) is 17.3 Å². The molecule has 1 aromatic heterocycles. The lowest BCUT2D eigenvalue weighted by Crippen LogP contribution is -2.04. The molecule has 0 aliphatic rings. The highest BCUT2D eigenvalue weighted by atomic mass is 35.5. The maximum atomic E-state index is 12.4. The summed E-state index contributed by atoms with van der Waals surface area (Å²) in [5.41, 5.74) is 5.74. The van der Waals surface area contributed by atoms with Crippen molar-refractivity contribution in [2.45, 2.75) is 6.18 Å². The summed E-state index contributed by atoms with van der Waals surface area (Å²) in [7, 11) is 0. The molecule has 0 bridgehead atoms. The minimum absolute atomic E-state index is 0.203. The van der Waals surface area contributed by atoms with Gasteiger partial charge in [0, 0.05) is 17.4 Å². The Balaban J connectivity index is 2.20. The lowest BCUT2D eigenvalue weighted by atomic mass is 10.2. The fourth-order valence-electron chi connectivity index (χ4n) is 1.47. The van der Waals surface area contributed by atoms with E-state index in [0.29, 0.717) is 17.2 Å². The van der Waals surface area contributed by atoms with Crippen LogP contribution in [0.1, 0.15) is 5.56 Å². The number of halogens is 4. The molecule has 0 spiro atoms. The van der Waals surface area contributed by atoms with E-state index in [2.05, 4.69) is 10.3 Å². The molecule has 0 atom stereocenters. The molecule has 2 aromatic rings. The maximum Gasteiger partial charge on any atom is 0.416 e. The number of nitrogen functional groups attached to an aromatic ring is 1. The van der Waals surface area contributed by atoms with Gasteiger partial charge in [-0.15, -0.1) is 0 Å². The molecule has 1 aromatic carbocycles. The van der Waals surface area contributed by atoms with Gasteiger partial charge in [-0.1, -0.05) is 11.6 Å². The predicted molar refractivity (Wildman–Crippen MR) is 68.4 cm³/mol. The van der Waals surface area contributed by atoms with E-state index in [1.54, 1.807) is 0 Å². The van der Waals surface area contributed by atoms with E-state index >= 15 is 0 Å². The first-order chi connectivity index (χ1) is 8.84. The van der Waals surface area contributed by atoms with Crippen LogP contribution in [-0.4, -0.2) is 4.98 Å². The second-order valence-corrected chi connectivity index (χ2v) is 4.20. The number of hydrogen-bond donors (Lipinski definition) is 2. The third-order valence-corrected chi connectivity index (χ3v) is 2.49. The Morgan fingerprint density at radius 1 is 1.11 bits per heavy atom. The Bertz CT molecular complexity index is 562. The summed E-state index contributed by atoms with van der Waals surface area (Å²) in [4.78, 5) is 3.95. The number of rotatable bonds is 2. The molecule has 0 amide bonds. The van der Waals surface area contributed by atoms with Crippen molar-refractivity contribution >= 4 is 28.8 Å². The average Bonchev–Trinajstić information content (AvgIpc) is 2.26. The zero-order valence-electron chi connectivity index (χ0n) is 9.50. The second-order valence-electron chi connectivity index (χ2n) is 3.81. The Labute approximate surface area is 112 Å². The van der Waals surface area contributed by atoms with Gasteiger partial charge in [0.2, 0.25) is 0 Å². The molecule has 3 nitrogen and oxygen atoms in total. The van der Waals surface area contributed by atoms with Gasteiger partial charge in [0.05, 0.1) is 5.56 Å². The average molecular weight is 288 g/mol. The Morgan fingerprint density at radius 3 is 2.26 bits per heavy atom. The van der Waals surface area contributed by atoms with Crippen LogP contribution >= 0.6 is 11.6 Å². The van der Waals surface area contributed by atoms with Gasteiger partial charge in [-0.25, -0.2) is 4.98 Å². The van der Waals surface area contributed by atoms with Gasteiger partial charge in [0.1, 0.15) is 11.0 Å². The number of benzene rings is 1. The van der Waals surface area contributed by atoms with Crippen LogP contribution in [0.25, 0.3) is 0 Å². The third-order valence-electron chi connectivity index (χ3n) is 2.30. The molecule has 0 radical (unpaired) electrons. The zero-order valence-corrected chi connectivity index (χ0v) is 10.3. The first kappa shape index (κ1) is 13.5. The third kappa shape index (κ3) is 3.51. The van der Waals surface area contributed by atoms with Crippen molar-refractivity contribution in [2.75, 3.05) is 11.1 Å². The molecule has 0 saturated carbocycles. The van der Waals surface area contributed by atoms with E-state index in [9.17, 15) is 13.2 Å². The Morgan fingerprint density at radius 2 is 1.74 bits per heavy atom. The van der Waals surface area contributed by atoms with Gasteiger partial charge in [0.25, 0.3) is 0 Å². The lowest BCUT2D eigenvalue weighted by molar-refractivity contribution is -0.137. The van der Waals surface area contributed by atoms with Crippen molar-refractivity contribution in [2.24, 2.45) is 0 Å². The highest BCUT2D eigenvalue weighted by Crippen LogP contribution is 2.30. The summed E-state index contributed by atoms with van der Waals surface area (Å²) in [6.07, 6.45) is -4.35.